The zero-order valence-electron chi connectivity index (χ0n) is 15.9. The fourth-order valence-electron chi connectivity index (χ4n) is 2.80. The Morgan fingerprint density at radius 3 is 2.52 bits per heavy atom. The van der Waals surface area contributed by atoms with Crippen LogP contribution in [0.15, 0.2) is 35.3 Å². The minimum absolute atomic E-state index is 0.235. The number of ether oxygens (including phenoxy) is 2. The monoisotopic (exact) mass is 348 g/mol. The maximum atomic E-state index is 5.51. The Morgan fingerprint density at radius 2 is 1.92 bits per heavy atom. The van der Waals surface area contributed by atoms with Gasteiger partial charge in [-0.25, -0.2) is 0 Å². The molecule has 1 fully saturated rings. The van der Waals surface area contributed by atoms with Crippen molar-refractivity contribution in [1.82, 2.24) is 15.5 Å². The SMILES string of the molecule is CN=C(NCC(c1ccccc1)N1CCOCC1)NCC(C)(C)OC. The highest BCUT2D eigenvalue weighted by Crippen LogP contribution is 2.21. The molecular weight excluding hydrogens is 316 g/mol. The van der Waals surface area contributed by atoms with Crippen LogP contribution in [0.25, 0.3) is 0 Å². The van der Waals surface area contributed by atoms with Gasteiger partial charge in [0.1, 0.15) is 0 Å². The molecule has 25 heavy (non-hydrogen) atoms. The molecule has 1 atom stereocenters. The zero-order chi connectivity index (χ0) is 18.1. The number of methoxy groups -OCH3 is 1. The summed E-state index contributed by atoms with van der Waals surface area (Å²) in [4.78, 5) is 6.80. The quantitative estimate of drug-likeness (QED) is 0.580. The lowest BCUT2D eigenvalue weighted by molar-refractivity contribution is 0.0167. The molecule has 0 aromatic heterocycles. The number of rotatable bonds is 7. The summed E-state index contributed by atoms with van der Waals surface area (Å²) in [5, 5.41) is 6.80. The van der Waals surface area contributed by atoms with E-state index in [0.717, 1.165) is 38.8 Å². The average molecular weight is 348 g/mol. The van der Waals surface area contributed by atoms with Crippen LogP contribution in [-0.4, -0.2) is 70.0 Å². The second-order valence-electron chi connectivity index (χ2n) is 6.85. The molecule has 1 unspecified atom stereocenters. The van der Waals surface area contributed by atoms with Crippen molar-refractivity contribution in [2.24, 2.45) is 4.99 Å². The molecule has 0 spiro atoms. The maximum Gasteiger partial charge on any atom is 0.191 e. The molecule has 1 aromatic rings. The lowest BCUT2D eigenvalue weighted by atomic mass is 10.0. The van der Waals surface area contributed by atoms with Gasteiger partial charge >= 0.3 is 0 Å². The molecular formula is C19H32N4O2. The average Bonchev–Trinajstić information content (AvgIpc) is 2.66. The molecule has 0 radical (unpaired) electrons. The van der Waals surface area contributed by atoms with Crippen molar-refractivity contribution in [3.05, 3.63) is 35.9 Å². The third kappa shape index (κ3) is 6.30. The molecule has 2 rings (SSSR count). The van der Waals surface area contributed by atoms with E-state index in [-0.39, 0.29) is 5.60 Å². The summed E-state index contributed by atoms with van der Waals surface area (Å²) in [6.45, 7) is 9.06. The van der Waals surface area contributed by atoms with Crippen LogP contribution in [-0.2, 0) is 9.47 Å². The Labute approximate surface area is 151 Å². The van der Waals surface area contributed by atoms with E-state index in [0.29, 0.717) is 12.6 Å². The van der Waals surface area contributed by atoms with Crippen molar-refractivity contribution >= 4 is 5.96 Å². The highest BCUT2D eigenvalue weighted by atomic mass is 16.5. The molecule has 6 nitrogen and oxygen atoms in total. The van der Waals surface area contributed by atoms with E-state index in [1.54, 1.807) is 14.2 Å². The van der Waals surface area contributed by atoms with E-state index in [2.05, 4.69) is 50.9 Å². The molecule has 0 aliphatic carbocycles. The van der Waals surface area contributed by atoms with Crippen LogP contribution in [0.5, 0.6) is 0 Å². The van der Waals surface area contributed by atoms with Gasteiger partial charge in [-0.05, 0) is 19.4 Å². The van der Waals surface area contributed by atoms with Crippen molar-refractivity contribution in [1.29, 1.82) is 0 Å². The fourth-order valence-corrected chi connectivity index (χ4v) is 2.80. The molecule has 0 bridgehead atoms. The number of guanidine groups is 1. The van der Waals surface area contributed by atoms with Crippen molar-refractivity contribution in [3.8, 4) is 0 Å². The van der Waals surface area contributed by atoms with Gasteiger partial charge in [-0.2, -0.15) is 0 Å². The summed E-state index contributed by atoms with van der Waals surface area (Å²) < 4.78 is 11.0. The predicted molar refractivity (Wildman–Crippen MR) is 102 cm³/mol. The van der Waals surface area contributed by atoms with Crippen LogP contribution in [0, 0.1) is 0 Å². The van der Waals surface area contributed by atoms with Gasteiger partial charge in [0, 0.05) is 40.3 Å². The molecule has 1 aliphatic heterocycles. The molecule has 1 heterocycles. The van der Waals surface area contributed by atoms with Crippen molar-refractivity contribution in [3.63, 3.8) is 0 Å². The van der Waals surface area contributed by atoms with Gasteiger partial charge < -0.3 is 20.1 Å². The number of nitrogens with zero attached hydrogens (tertiary/aromatic N) is 2. The molecule has 1 aliphatic rings. The van der Waals surface area contributed by atoms with Gasteiger partial charge in [0.25, 0.3) is 0 Å². The van der Waals surface area contributed by atoms with E-state index in [9.17, 15) is 0 Å². The number of morpholine rings is 1. The number of nitrogens with one attached hydrogen (secondary N) is 2. The van der Waals surface area contributed by atoms with E-state index < -0.39 is 0 Å². The molecule has 140 valence electrons. The Bertz CT molecular complexity index is 527. The number of aliphatic imine (C=N–C) groups is 1. The summed E-state index contributed by atoms with van der Waals surface area (Å²) in [7, 11) is 3.52. The van der Waals surface area contributed by atoms with Gasteiger partial charge in [-0.15, -0.1) is 0 Å². The zero-order valence-corrected chi connectivity index (χ0v) is 15.9. The summed E-state index contributed by atoms with van der Waals surface area (Å²) in [5.41, 5.74) is 1.07. The predicted octanol–water partition coefficient (Wildman–Crippen LogP) is 1.65. The summed E-state index contributed by atoms with van der Waals surface area (Å²) in [6, 6.07) is 10.9. The van der Waals surface area contributed by atoms with Crippen LogP contribution in [0.3, 0.4) is 0 Å². The first kappa shape index (κ1) is 19.7. The summed E-state index contributed by atoms with van der Waals surface area (Å²) in [6.07, 6.45) is 0. The van der Waals surface area contributed by atoms with E-state index >= 15 is 0 Å². The van der Waals surface area contributed by atoms with Crippen molar-refractivity contribution in [2.45, 2.75) is 25.5 Å². The van der Waals surface area contributed by atoms with E-state index in [4.69, 9.17) is 9.47 Å². The summed E-state index contributed by atoms with van der Waals surface area (Å²) in [5.74, 6) is 0.791. The molecule has 0 amide bonds. The van der Waals surface area contributed by atoms with Crippen LogP contribution in [0.4, 0.5) is 0 Å². The van der Waals surface area contributed by atoms with Crippen molar-refractivity contribution < 1.29 is 9.47 Å². The topological polar surface area (TPSA) is 58.1 Å². The first-order chi connectivity index (χ1) is 12.1. The third-order valence-electron chi connectivity index (χ3n) is 4.59. The van der Waals surface area contributed by atoms with Gasteiger partial charge in [-0.1, -0.05) is 30.3 Å². The van der Waals surface area contributed by atoms with E-state index in [1.807, 2.05) is 13.8 Å². The highest BCUT2D eigenvalue weighted by molar-refractivity contribution is 5.79. The fraction of sp³-hybridized carbons (Fsp3) is 0.632. The summed E-state index contributed by atoms with van der Waals surface area (Å²) >= 11 is 0. The molecule has 2 N–H and O–H groups in total. The van der Waals surface area contributed by atoms with Crippen LogP contribution in [0.2, 0.25) is 0 Å². The lowest BCUT2D eigenvalue weighted by Gasteiger charge is -2.35. The van der Waals surface area contributed by atoms with Crippen molar-refractivity contribution in [2.75, 3.05) is 53.6 Å². The Hall–Kier alpha value is -1.63. The maximum absolute atomic E-state index is 5.51. The minimum Gasteiger partial charge on any atom is -0.379 e. The Morgan fingerprint density at radius 1 is 1.24 bits per heavy atom. The molecule has 6 heteroatoms. The van der Waals surface area contributed by atoms with Gasteiger partial charge in [0.15, 0.2) is 5.96 Å². The standard InChI is InChI=1S/C19H32N4O2/c1-19(2,24-4)15-22-18(20-3)21-14-17(16-8-6-5-7-9-16)23-10-12-25-13-11-23/h5-9,17H,10-15H2,1-4H3,(H2,20,21,22). The highest BCUT2D eigenvalue weighted by Gasteiger charge is 2.23. The second kappa shape index (κ2) is 9.75. The van der Waals surface area contributed by atoms with Gasteiger partial charge in [-0.3, -0.25) is 9.89 Å². The number of hydrogen-bond acceptors (Lipinski definition) is 4. The normalized spacial score (nSPS) is 18.0. The second-order valence-corrected chi connectivity index (χ2v) is 6.85. The Balaban J connectivity index is 1.98. The van der Waals surface area contributed by atoms with Crippen LogP contribution in [0.1, 0.15) is 25.5 Å². The van der Waals surface area contributed by atoms with Gasteiger partial charge in [0.05, 0.1) is 24.9 Å². The van der Waals surface area contributed by atoms with E-state index in [1.165, 1.54) is 5.56 Å². The first-order valence-electron chi connectivity index (χ1n) is 8.92. The molecule has 0 saturated carbocycles. The smallest absolute Gasteiger partial charge is 0.191 e. The first-order valence-corrected chi connectivity index (χ1v) is 8.92. The molecule has 1 saturated heterocycles. The van der Waals surface area contributed by atoms with Gasteiger partial charge in [0.2, 0.25) is 0 Å². The third-order valence-corrected chi connectivity index (χ3v) is 4.59. The number of hydrogen-bond donors (Lipinski definition) is 2. The van der Waals surface area contributed by atoms with Crippen LogP contribution < -0.4 is 10.6 Å². The Kier molecular flexibility index (Phi) is 7.68. The minimum atomic E-state index is -0.235. The molecule has 1 aromatic carbocycles. The number of benzene rings is 1. The van der Waals surface area contributed by atoms with Crippen LogP contribution >= 0.6 is 0 Å². The lowest BCUT2D eigenvalue weighted by Crippen LogP contribution is -2.48. The largest absolute Gasteiger partial charge is 0.379 e.